The zero-order chi connectivity index (χ0) is 22.9. The standard InChI is InChI=1S/C22H19F5N4O/c23-14-5-6-19(17(24)11-14)31-20(13-7-9-28-10-8-13)15(12-29-31)21(32)30-18-4-2-1-3-16(18)22(25,26)27/h1-6,11-13,28H,7-10H2,(H,30,32). The van der Waals surface area contributed by atoms with E-state index in [4.69, 9.17) is 0 Å². The van der Waals surface area contributed by atoms with E-state index in [0.717, 1.165) is 18.2 Å². The van der Waals surface area contributed by atoms with E-state index in [-0.39, 0.29) is 22.9 Å². The van der Waals surface area contributed by atoms with Gasteiger partial charge in [-0.15, -0.1) is 0 Å². The highest BCUT2D eigenvalue weighted by Gasteiger charge is 2.34. The molecule has 5 nitrogen and oxygen atoms in total. The molecule has 0 aliphatic carbocycles. The van der Waals surface area contributed by atoms with Gasteiger partial charge in [-0.1, -0.05) is 12.1 Å². The van der Waals surface area contributed by atoms with Crippen LogP contribution in [-0.4, -0.2) is 28.8 Å². The minimum absolute atomic E-state index is 0.0394. The fraction of sp³-hybridized carbons (Fsp3) is 0.273. The van der Waals surface area contributed by atoms with Gasteiger partial charge in [0.25, 0.3) is 5.91 Å². The van der Waals surface area contributed by atoms with E-state index in [9.17, 15) is 26.7 Å². The summed E-state index contributed by atoms with van der Waals surface area (Å²) >= 11 is 0. The van der Waals surface area contributed by atoms with Gasteiger partial charge in [-0.2, -0.15) is 18.3 Å². The predicted octanol–water partition coefficient (Wildman–Crippen LogP) is 4.89. The van der Waals surface area contributed by atoms with Gasteiger partial charge in [0.2, 0.25) is 0 Å². The smallest absolute Gasteiger partial charge is 0.321 e. The van der Waals surface area contributed by atoms with Crippen LogP contribution in [0.25, 0.3) is 5.69 Å². The van der Waals surface area contributed by atoms with Gasteiger partial charge in [0.05, 0.1) is 28.7 Å². The Morgan fingerprint density at radius 1 is 1.09 bits per heavy atom. The molecule has 168 valence electrons. The lowest BCUT2D eigenvalue weighted by Crippen LogP contribution is -2.29. The minimum Gasteiger partial charge on any atom is -0.321 e. The largest absolute Gasteiger partial charge is 0.418 e. The number of alkyl halides is 3. The van der Waals surface area contributed by atoms with Gasteiger partial charge in [-0.3, -0.25) is 4.79 Å². The number of amides is 1. The number of nitrogens with zero attached hydrogens (tertiary/aromatic N) is 2. The molecule has 0 unspecified atom stereocenters. The number of anilines is 1. The molecule has 32 heavy (non-hydrogen) atoms. The molecule has 1 aliphatic heterocycles. The monoisotopic (exact) mass is 450 g/mol. The maximum Gasteiger partial charge on any atom is 0.418 e. The number of hydrogen-bond donors (Lipinski definition) is 2. The van der Waals surface area contributed by atoms with Crippen LogP contribution in [0, 0.1) is 11.6 Å². The topological polar surface area (TPSA) is 59.0 Å². The van der Waals surface area contributed by atoms with Crippen molar-refractivity contribution in [3.05, 3.63) is 77.1 Å². The summed E-state index contributed by atoms with van der Waals surface area (Å²) in [5.74, 6) is -2.60. The molecule has 0 bridgehead atoms. The SMILES string of the molecule is O=C(Nc1ccccc1C(F)(F)F)c1cnn(-c2ccc(F)cc2F)c1C1CCNCC1. The maximum atomic E-state index is 14.5. The zero-order valence-corrected chi connectivity index (χ0v) is 16.7. The van der Waals surface area contributed by atoms with Gasteiger partial charge in [-0.25, -0.2) is 13.5 Å². The Bertz CT molecular complexity index is 1140. The minimum atomic E-state index is -4.65. The van der Waals surface area contributed by atoms with E-state index in [2.05, 4.69) is 15.7 Å². The molecule has 4 rings (SSSR count). The number of carbonyl (C=O) groups is 1. The van der Waals surface area contributed by atoms with Crippen molar-refractivity contribution in [2.24, 2.45) is 0 Å². The van der Waals surface area contributed by atoms with Gasteiger partial charge in [0.15, 0.2) is 5.82 Å². The molecular formula is C22H19F5N4O. The number of carbonyl (C=O) groups excluding carboxylic acids is 1. The molecule has 0 atom stereocenters. The van der Waals surface area contributed by atoms with Gasteiger partial charge < -0.3 is 10.6 Å². The third-order valence-electron chi connectivity index (χ3n) is 5.40. The Morgan fingerprint density at radius 2 is 1.81 bits per heavy atom. The molecule has 1 fully saturated rings. The molecule has 2 N–H and O–H groups in total. The molecule has 3 aromatic rings. The van der Waals surface area contributed by atoms with Crippen LogP contribution in [0.2, 0.25) is 0 Å². The second-order valence-electron chi connectivity index (χ2n) is 7.47. The zero-order valence-electron chi connectivity index (χ0n) is 16.7. The Labute approximate surface area is 180 Å². The first-order valence-corrected chi connectivity index (χ1v) is 9.97. The van der Waals surface area contributed by atoms with Crippen LogP contribution < -0.4 is 10.6 Å². The van der Waals surface area contributed by atoms with Gasteiger partial charge in [0.1, 0.15) is 11.5 Å². The van der Waals surface area contributed by atoms with E-state index in [1.54, 1.807) is 0 Å². The predicted molar refractivity (Wildman–Crippen MR) is 108 cm³/mol. The lowest BCUT2D eigenvalue weighted by Gasteiger charge is -2.25. The van der Waals surface area contributed by atoms with Crippen LogP contribution in [0.1, 0.15) is 40.4 Å². The quantitative estimate of drug-likeness (QED) is 0.557. The normalized spacial score (nSPS) is 15.0. The number of para-hydroxylation sites is 1. The number of benzene rings is 2. The number of hydrogen-bond acceptors (Lipinski definition) is 3. The molecule has 0 saturated carbocycles. The second-order valence-corrected chi connectivity index (χ2v) is 7.47. The van der Waals surface area contributed by atoms with Crippen molar-refractivity contribution in [1.29, 1.82) is 0 Å². The number of nitrogens with one attached hydrogen (secondary N) is 2. The van der Waals surface area contributed by atoms with Crippen molar-refractivity contribution < 1.29 is 26.7 Å². The fourth-order valence-electron chi connectivity index (χ4n) is 3.90. The van der Waals surface area contributed by atoms with E-state index in [1.807, 2.05) is 0 Å². The molecule has 0 spiro atoms. The van der Waals surface area contributed by atoms with E-state index in [1.165, 1.54) is 29.1 Å². The Kier molecular flexibility index (Phi) is 5.96. The van der Waals surface area contributed by atoms with Crippen molar-refractivity contribution in [2.75, 3.05) is 18.4 Å². The van der Waals surface area contributed by atoms with E-state index >= 15 is 0 Å². The first-order valence-electron chi connectivity index (χ1n) is 9.97. The molecule has 10 heteroatoms. The summed E-state index contributed by atoms with van der Waals surface area (Å²) in [6.07, 6.45) is -2.21. The van der Waals surface area contributed by atoms with Gasteiger partial charge >= 0.3 is 6.18 Å². The van der Waals surface area contributed by atoms with Crippen LogP contribution in [0.4, 0.5) is 27.6 Å². The number of aromatic nitrogens is 2. The maximum absolute atomic E-state index is 14.5. The summed E-state index contributed by atoms with van der Waals surface area (Å²) in [4.78, 5) is 13.0. The van der Waals surface area contributed by atoms with Gasteiger partial charge in [-0.05, 0) is 50.2 Å². The van der Waals surface area contributed by atoms with Crippen molar-refractivity contribution in [3.8, 4) is 5.69 Å². The van der Waals surface area contributed by atoms with Crippen molar-refractivity contribution in [3.63, 3.8) is 0 Å². The lowest BCUT2D eigenvalue weighted by atomic mass is 9.91. The van der Waals surface area contributed by atoms with Crippen molar-refractivity contribution in [2.45, 2.75) is 24.9 Å². The molecule has 1 aliphatic rings. The molecule has 0 radical (unpaired) electrons. The van der Waals surface area contributed by atoms with Crippen LogP contribution in [-0.2, 0) is 6.18 Å². The summed E-state index contributed by atoms with van der Waals surface area (Å²) in [5, 5.41) is 9.64. The molecule has 2 aromatic carbocycles. The average Bonchev–Trinajstić information content (AvgIpc) is 3.19. The molecular weight excluding hydrogens is 431 g/mol. The number of piperidine rings is 1. The van der Waals surface area contributed by atoms with Crippen LogP contribution in [0.3, 0.4) is 0 Å². The number of rotatable bonds is 4. The molecule has 2 heterocycles. The van der Waals surface area contributed by atoms with Crippen LogP contribution >= 0.6 is 0 Å². The highest BCUT2D eigenvalue weighted by Crippen LogP contribution is 2.36. The molecule has 1 saturated heterocycles. The highest BCUT2D eigenvalue weighted by molar-refractivity contribution is 6.05. The van der Waals surface area contributed by atoms with Crippen molar-refractivity contribution in [1.82, 2.24) is 15.1 Å². The summed E-state index contributed by atoms with van der Waals surface area (Å²) in [6, 6.07) is 7.65. The lowest BCUT2D eigenvalue weighted by molar-refractivity contribution is -0.136. The van der Waals surface area contributed by atoms with Crippen molar-refractivity contribution >= 4 is 11.6 Å². The van der Waals surface area contributed by atoms with E-state index in [0.29, 0.717) is 37.7 Å². The highest BCUT2D eigenvalue weighted by atomic mass is 19.4. The second kappa shape index (κ2) is 8.70. The third kappa shape index (κ3) is 4.36. The van der Waals surface area contributed by atoms with Gasteiger partial charge in [0, 0.05) is 12.0 Å². The number of halogens is 5. The Balaban J connectivity index is 1.76. The first kappa shape index (κ1) is 21.9. The summed E-state index contributed by atoms with van der Waals surface area (Å²) < 4.78 is 69.1. The Morgan fingerprint density at radius 3 is 2.50 bits per heavy atom. The molecule has 1 aromatic heterocycles. The summed E-state index contributed by atoms with van der Waals surface area (Å²) in [6.45, 7) is 1.30. The van der Waals surface area contributed by atoms with Crippen LogP contribution in [0.15, 0.2) is 48.7 Å². The van der Waals surface area contributed by atoms with Crippen LogP contribution in [0.5, 0.6) is 0 Å². The third-order valence-corrected chi connectivity index (χ3v) is 5.40. The fourth-order valence-corrected chi connectivity index (χ4v) is 3.90. The average molecular weight is 450 g/mol. The van der Waals surface area contributed by atoms with E-state index < -0.39 is 29.3 Å². The first-order chi connectivity index (χ1) is 15.3. The summed E-state index contributed by atoms with van der Waals surface area (Å²) in [5.41, 5.74) is -0.998. The summed E-state index contributed by atoms with van der Waals surface area (Å²) in [7, 11) is 0. The molecule has 1 amide bonds. The Hall–Kier alpha value is -3.27.